The standard InChI is InChI=1S/C24H28N4O2S/c1-18-26-23(17-31-18)20-5-3-19(4-6-20)11-12-25-24(29)28-15-13-27(14-16-28)21-7-9-22(30-2)10-8-21/h3-10,17H,11-16H2,1-2H3,(H,25,29). The van der Waals surface area contributed by atoms with E-state index >= 15 is 0 Å². The Morgan fingerprint density at radius 2 is 1.77 bits per heavy atom. The molecule has 1 fully saturated rings. The second-order valence-corrected chi connectivity index (χ2v) is 8.66. The molecule has 6 nitrogen and oxygen atoms in total. The molecule has 0 radical (unpaired) electrons. The van der Waals surface area contributed by atoms with Crippen LogP contribution in [-0.4, -0.2) is 55.7 Å². The molecule has 1 aromatic heterocycles. The Morgan fingerprint density at radius 3 is 2.39 bits per heavy atom. The Hall–Kier alpha value is -3.06. The molecule has 4 rings (SSSR count). The molecule has 0 bridgehead atoms. The Balaban J connectivity index is 1.20. The van der Waals surface area contributed by atoms with Crippen molar-refractivity contribution in [3.05, 3.63) is 64.5 Å². The highest BCUT2D eigenvalue weighted by Gasteiger charge is 2.21. The molecule has 0 saturated carbocycles. The summed E-state index contributed by atoms with van der Waals surface area (Å²) < 4.78 is 5.22. The number of methoxy groups -OCH3 is 1. The molecule has 1 aliphatic heterocycles. The summed E-state index contributed by atoms with van der Waals surface area (Å²) in [6.45, 7) is 5.75. The van der Waals surface area contributed by atoms with Crippen molar-refractivity contribution in [2.45, 2.75) is 13.3 Å². The number of carbonyl (C=O) groups excluding carboxylic acids is 1. The highest BCUT2D eigenvalue weighted by atomic mass is 32.1. The fourth-order valence-electron chi connectivity index (χ4n) is 3.72. The van der Waals surface area contributed by atoms with Crippen molar-refractivity contribution in [1.82, 2.24) is 15.2 Å². The summed E-state index contributed by atoms with van der Waals surface area (Å²) in [5, 5.41) is 6.22. The monoisotopic (exact) mass is 436 g/mol. The van der Waals surface area contributed by atoms with Crippen molar-refractivity contribution in [1.29, 1.82) is 0 Å². The van der Waals surface area contributed by atoms with Crippen LogP contribution in [0.25, 0.3) is 11.3 Å². The summed E-state index contributed by atoms with van der Waals surface area (Å²) in [6.07, 6.45) is 0.813. The first kappa shape index (κ1) is 21.2. The maximum Gasteiger partial charge on any atom is 0.317 e. The van der Waals surface area contributed by atoms with Gasteiger partial charge in [-0.05, 0) is 43.2 Å². The number of aryl methyl sites for hydroxylation is 1. The number of amides is 2. The lowest BCUT2D eigenvalue weighted by Crippen LogP contribution is -2.52. The molecule has 0 unspecified atom stereocenters. The first-order chi connectivity index (χ1) is 15.1. The van der Waals surface area contributed by atoms with Crippen LogP contribution in [-0.2, 0) is 6.42 Å². The lowest BCUT2D eigenvalue weighted by Gasteiger charge is -2.36. The Bertz CT molecular complexity index is 993. The van der Waals surface area contributed by atoms with Crippen molar-refractivity contribution >= 4 is 23.1 Å². The molecule has 0 aliphatic carbocycles. The second-order valence-electron chi connectivity index (χ2n) is 7.60. The largest absolute Gasteiger partial charge is 0.497 e. The molecular weight excluding hydrogens is 408 g/mol. The Kier molecular flexibility index (Phi) is 6.72. The number of nitrogens with one attached hydrogen (secondary N) is 1. The smallest absolute Gasteiger partial charge is 0.317 e. The highest BCUT2D eigenvalue weighted by molar-refractivity contribution is 7.09. The zero-order chi connectivity index (χ0) is 21.6. The first-order valence-electron chi connectivity index (χ1n) is 10.6. The molecule has 2 aromatic carbocycles. The molecule has 1 N–H and O–H groups in total. The van der Waals surface area contributed by atoms with Crippen LogP contribution in [0, 0.1) is 6.92 Å². The van der Waals surface area contributed by atoms with E-state index in [2.05, 4.69) is 57.0 Å². The fourth-order valence-corrected chi connectivity index (χ4v) is 4.35. The van der Waals surface area contributed by atoms with Crippen LogP contribution in [0.15, 0.2) is 53.9 Å². The third kappa shape index (κ3) is 5.35. The number of benzene rings is 2. The summed E-state index contributed by atoms with van der Waals surface area (Å²) in [4.78, 5) is 21.3. The van der Waals surface area contributed by atoms with Crippen molar-refractivity contribution in [2.75, 3.05) is 44.7 Å². The SMILES string of the molecule is COc1ccc(N2CCN(C(=O)NCCc3ccc(-c4csc(C)n4)cc3)CC2)cc1. The van der Waals surface area contributed by atoms with Gasteiger partial charge in [-0.3, -0.25) is 0 Å². The molecular formula is C24H28N4O2S. The summed E-state index contributed by atoms with van der Waals surface area (Å²) in [5.74, 6) is 0.856. The molecule has 0 atom stereocenters. The number of aromatic nitrogens is 1. The normalized spacial score (nSPS) is 13.9. The number of anilines is 1. The number of hydrogen-bond donors (Lipinski definition) is 1. The zero-order valence-corrected chi connectivity index (χ0v) is 18.8. The van der Waals surface area contributed by atoms with Gasteiger partial charge in [-0.25, -0.2) is 9.78 Å². The molecule has 162 valence electrons. The quantitative estimate of drug-likeness (QED) is 0.629. The van der Waals surface area contributed by atoms with Gasteiger partial charge in [0, 0.05) is 49.4 Å². The van der Waals surface area contributed by atoms with E-state index in [9.17, 15) is 4.79 Å². The van der Waals surface area contributed by atoms with Crippen molar-refractivity contribution in [3.63, 3.8) is 0 Å². The van der Waals surface area contributed by atoms with Gasteiger partial charge in [-0.2, -0.15) is 0 Å². The minimum atomic E-state index is 0.0175. The fraction of sp³-hybridized carbons (Fsp3) is 0.333. The minimum absolute atomic E-state index is 0.0175. The maximum atomic E-state index is 12.5. The molecule has 0 spiro atoms. The third-order valence-corrected chi connectivity index (χ3v) is 6.34. The number of nitrogens with zero attached hydrogens (tertiary/aromatic N) is 3. The summed E-state index contributed by atoms with van der Waals surface area (Å²) in [6, 6.07) is 16.5. The molecule has 3 aromatic rings. The molecule has 7 heteroatoms. The van der Waals surface area contributed by atoms with Gasteiger partial charge in [0.1, 0.15) is 5.75 Å². The van der Waals surface area contributed by atoms with Gasteiger partial charge in [-0.15, -0.1) is 11.3 Å². The topological polar surface area (TPSA) is 57.7 Å². The van der Waals surface area contributed by atoms with Gasteiger partial charge >= 0.3 is 6.03 Å². The van der Waals surface area contributed by atoms with Crippen LogP contribution < -0.4 is 15.0 Å². The van der Waals surface area contributed by atoms with Gasteiger partial charge in [0.2, 0.25) is 0 Å². The van der Waals surface area contributed by atoms with Crippen molar-refractivity contribution in [3.8, 4) is 17.0 Å². The van der Waals surface area contributed by atoms with Crippen LogP contribution in [0.1, 0.15) is 10.6 Å². The van der Waals surface area contributed by atoms with Gasteiger partial charge in [0.15, 0.2) is 0 Å². The number of piperazine rings is 1. The number of rotatable bonds is 6. The molecule has 31 heavy (non-hydrogen) atoms. The minimum Gasteiger partial charge on any atom is -0.497 e. The Morgan fingerprint density at radius 1 is 1.06 bits per heavy atom. The lowest BCUT2D eigenvalue weighted by molar-refractivity contribution is 0.194. The molecule has 1 saturated heterocycles. The maximum absolute atomic E-state index is 12.5. The first-order valence-corrected chi connectivity index (χ1v) is 11.4. The highest BCUT2D eigenvalue weighted by Crippen LogP contribution is 2.22. The van der Waals surface area contributed by atoms with Crippen LogP contribution >= 0.6 is 11.3 Å². The van der Waals surface area contributed by atoms with Gasteiger partial charge in [0.25, 0.3) is 0 Å². The number of urea groups is 1. The number of ether oxygens (including phenoxy) is 1. The van der Waals surface area contributed by atoms with Crippen LogP contribution in [0.2, 0.25) is 0 Å². The Labute approximate surface area is 187 Å². The van der Waals surface area contributed by atoms with Crippen LogP contribution in [0.5, 0.6) is 5.75 Å². The molecule has 2 heterocycles. The molecule has 2 amide bonds. The average molecular weight is 437 g/mol. The predicted octanol–water partition coefficient (Wildman–Crippen LogP) is 4.20. The summed E-state index contributed by atoms with van der Waals surface area (Å²) in [5.41, 5.74) is 4.53. The average Bonchev–Trinajstić information content (AvgIpc) is 3.26. The van der Waals surface area contributed by atoms with Crippen molar-refractivity contribution < 1.29 is 9.53 Å². The predicted molar refractivity (Wildman–Crippen MR) is 126 cm³/mol. The van der Waals surface area contributed by atoms with Crippen LogP contribution in [0.4, 0.5) is 10.5 Å². The zero-order valence-electron chi connectivity index (χ0n) is 18.0. The van der Waals surface area contributed by atoms with E-state index in [1.165, 1.54) is 5.56 Å². The number of hydrogen-bond acceptors (Lipinski definition) is 5. The van der Waals surface area contributed by atoms with E-state index in [1.54, 1.807) is 18.4 Å². The van der Waals surface area contributed by atoms with E-state index < -0.39 is 0 Å². The lowest BCUT2D eigenvalue weighted by atomic mass is 10.1. The second kappa shape index (κ2) is 9.83. The summed E-state index contributed by atoms with van der Waals surface area (Å²) in [7, 11) is 1.67. The van der Waals surface area contributed by atoms with Crippen LogP contribution in [0.3, 0.4) is 0 Å². The van der Waals surface area contributed by atoms with Gasteiger partial charge in [0.05, 0.1) is 17.8 Å². The van der Waals surface area contributed by atoms with E-state index in [1.807, 2.05) is 24.0 Å². The van der Waals surface area contributed by atoms with Crippen molar-refractivity contribution in [2.24, 2.45) is 0 Å². The van der Waals surface area contributed by atoms with E-state index in [0.29, 0.717) is 6.54 Å². The van der Waals surface area contributed by atoms with E-state index in [0.717, 1.165) is 60.3 Å². The third-order valence-electron chi connectivity index (χ3n) is 5.56. The number of thiazole rings is 1. The van der Waals surface area contributed by atoms with E-state index in [-0.39, 0.29) is 6.03 Å². The van der Waals surface area contributed by atoms with Gasteiger partial charge in [-0.1, -0.05) is 24.3 Å². The number of carbonyl (C=O) groups is 1. The van der Waals surface area contributed by atoms with Gasteiger partial charge < -0.3 is 19.9 Å². The van der Waals surface area contributed by atoms with E-state index in [4.69, 9.17) is 4.74 Å². The summed E-state index contributed by atoms with van der Waals surface area (Å²) >= 11 is 1.66. The molecule has 1 aliphatic rings.